The van der Waals surface area contributed by atoms with Crippen molar-refractivity contribution in [3.8, 4) is 0 Å². The molecular formula is C15H15N5S3. The summed E-state index contributed by atoms with van der Waals surface area (Å²) in [5.41, 5.74) is 1.47. The van der Waals surface area contributed by atoms with Gasteiger partial charge in [0.1, 0.15) is 16.2 Å². The molecule has 0 aromatic carbocycles. The Morgan fingerprint density at radius 3 is 2.91 bits per heavy atom. The van der Waals surface area contributed by atoms with Crippen LogP contribution in [0.1, 0.15) is 36.1 Å². The maximum absolute atomic E-state index is 4.54. The smallest absolute Gasteiger partial charge is 0.206 e. The molecule has 0 radical (unpaired) electrons. The van der Waals surface area contributed by atoms with Gasteiger partial charge in [0.25, 0.3) is 0 Å². The third-order valence-electron chi connectivity index (χ3n) is 4.21. The van der Waals surface area contributed by atoms with Gasteiger partial charge < -0.3 is 5.32 Å². The van der Waals surface area contributed by atoms with E-state index in [1.54, 1.807) is 29.4 Å². The summed E-state index contributed by atoms with van der Waals surface area (Å²) in [5.74, 6) is 0. The highest BCUT2D eigenvalue weighted by molar-refractivity contribution is 8.01. The Morgan fingerprint density at radius 2 is 2.00 bits per heavy atom. The van der Waals surface area contributed by atoms with Crippen molar-refractivity contribution in [1.29, 1.82) is 0 Å². The van der Waals surface area contributed by atoms with E-state index >= 15 is 0 Å². The number of nitrogens with zero attached hydrogens (tertiary/aromatic N) is 4. The van der Waals surface area contributed by atoms with E-state index in [9.17, 15) is 0 Å². The van der Waals surface area contributed by atoms with Crippen LogP contribution in [0.3, 0.4) is 0 Å². The first-order valence-electron chi connectivity index (χ1n) is 7.90. The molecule has 5 rings (SSSR count). The van der Waals surface area contributed by atoms with Crippen LogP contribution in [0, 0.1) is 0 Å². The number of nitrogens with one attached hydrogen (secondary N) is 1. The molecular weight excluding hydrogens is 346 g/mol. The lowest BCUT2D eigenvalue weighted by Gasteiger charge is -2.10. The van der Waals surface area contributed by atoms with Gasteiger partial charge in [-0.25, -0.2) is 9.97 Å². The minimum Gasteiger partial charge on any atom is -0.357 e. The van der Waals surface area contributed by atoms with Gasteiger partial charge in [0.15, 0.2) is 4.34 Å². The average molecular weight is 362 g/mol. The average Bonchev–Trinajstić information content (AvgIpc) is 3.13. The third-order valence-corrected chi connectivity index (χ3v) is 7.32. The molecule has 1 N–H and O–H groups in total. The van der Waals surface area contributed by atoms with E-state index in [1.807, 2.05) is 11.3 Å². The highest BCUT2D eigenvalue weighted by atomic mass is 32.2. The van der Waals surface area contributed by atoms with E-state index in [0.717, 1.165) is 25.7 Å². The van der Waals surface area contributed by atoms with Crippen LogP contribution in [0.25, 0.3) is 10.2 Å². The highest BCUT2D eigenvalue weighted by Crippen LogP contribution is 2.42. The van der Waals surface area contributed by atoms with Crippen molar-refractivity contribution < 1.29 is 0 Å². The number of fused-ring (bicyclic) bond motifs is 3. The standard InChI is InChI=1S/C15H15N5S3/c1-2-4-10-9(3-1)11-12(21-10)16-7-17-13(11)22-15-20-19-14(23-15)18-8-5-6-8/h7-8H,1-6H2,(H,18,19). The molecule has 2 aliphatic carbocycles. The Balaban J connectivity index is 1.49. The molecule has 0 atom stereocenters. The van der Waals surface area contributed by atoms with Crippen LogP contribution in [-0.2, 0) is 12.8 Å². The Morgan fingerprint density at radius 1 is 1.09 bits per heavy atom. The molecule has 8 heteroatoms. The molecule has 5 nitrogen and oxygen atoms in total. The minimum atomic E-state index is 0.607. The van der Waals surface area contributed by atoms with E-state index in [0.29, 0.717) is 6.04 Å². The fraction of sp³-hybridized carbons (Fsp3) is 0.467. The van der Waals surface area contributed by atoms with Crippen molar-refractivity contribution in [2.45, 2.75) is 53.9 Å². The second kappa shape index (κ2) is 5.68. The number of thiophene rings is 1. The number of anilines is 1. The van der Waals surface area contributed by atoms with E-state index < -0.39 is 0 Å². The van der Waals surface area contributed by atoms with Gasteiger partial charge in [0.05, 0.1) is 0 Å². The van der Waals surface area contributed by atoms with Crippen LogP contribution in [0.4, 0.5) is 5.13 Å². The van der Waals surface area contributed by atoms with Crippen molar-refractivity contribution in [1.82, 2.24) is 20.2 Å². The van der Waals surface area contributed by atoms with Crippen molar-refractivity contribution in [3.05, 3.63) is 16.8 Å². The van der Waals surface area contributed by atoms with E-state index in [1.165, 1.54) is 47.9 Å². The fourth-order valence-electron chi connectivity index (χ4n) is 2.93. The SMILES string of the molecule is c1nc(Sc2nnc(NC3CC3)s2)c2c3c(sc2n1)CCCC3. The van der Waals surface area contributed by atoms with Crippen LogP contribution in [0.2, 0.25) is 0 Å². The van der Waals surface area contributed by atoms with E-state index in [4.69, 9.17) is 0 Å². The first kappa shape index (κ1) is 14.1. The van der Waals surface area contributed by atoms with E-state index in [-0.39, 0.29) is 0 Å². The number of hydrogen-bond donors (Lipinski definition) is 1. The maximum Gasteiger partial charge on any atom is 0.206 e. The first-order valence-corrected chi connectivity index (χ1v) is 10.3. The van der Waals surface area contributed by atoms with Crippen LogP contribution in [-0.4, -0.2) is 26.2 Å². The number of rotatable bonds is 4. The molecule has 118 valence electrons. The predicted octanol–water partition coefficient (Wildman–Crippen LogP) is 4.15. The molecule has 0 amide bonds. The predicted molar refractivity (Wildman–Crippen MR) is 94.7 cm³/mol. The summed E-state index contributed by atoms with van der Waals surface area (Å²) < 4.78 is 0.948. The summed E-state index contributed by atoms with van der Waals surface area (Å²) in [6.07, 6.45) is 9.08. The topological polar surface area (TPSA) is 63.6 Å². The Bertz CT molecular complexity index is 867. The second-order valence-electron chi connectivity index (χ2n) is 5.96. The Kier molecular flexibility index (Phi) is 3.49. The summed E-state index contributed by atoms with van der Waals surface area (Å²) in [5, 5.41) is 15.2. The quantitative estimate of drug-likeness (QED) is 0.705. The molecule has 2 aliphatic rings. The Labute approximate surface area is 146 Å². The molecule has 23 heavy (non-hydrogen) atoms. The zero-order valence-corrected chi connectivity index (χ0v) is 14.9. The third kappa shape index (κ3) is 2.72. The lowest BCUT2D eigenvalue weighted by molar-refractivity contribution is 0.699. The van der Waals surface area contributed by atoms with Crippen molar-refractivity contribution in [2.24, 2.45) is 0 Å². The fourth-order valence-corrected chi connectivity index (χ4v) is 6.09. The summed E-state index contributed by atoms with van der Waals surface area (Å²) in [7, 11) is 0. The maximum atomic E-state index is 4.54. The lowest BCUT2D eigenvalue weighted by Crippen LogP contribution is -1.99. The highest BCUT2D eigenvalue weighted by Gasteiger charge is 2.23. The number of aromatic nitrogens is 4. The summed E-state index contributed by atoms with van der Waals surface area (Å²) in [6, 6.07) is 0.607. The van der Waals surface area contributed by atoms with Crippen LogP contribution in [0.5, 0.6) is 0 Å². The first-order chi connectivity index (χ1) is 11.4. The van der Waals surface area contributed by atoms with Crippen molar-refractivity contribution >= 4 is 49.8 Å². The molecule has 0 unspecified atom stereocenters. The van der Waals surface area contributed by atoms with E-state index in [2.05, 4.69) is 25.5 Å². The molecule has 3 aromatic rings. The minimum absolute atomic E-state index is 0.607. The van der Waals surface area contributed by atoms with Crippen molar-refractivity contribution in [2.75, 3.05) is 5.32 Å². The van der Waals surface area contributed by atoms with Gasteiger partial charge in [-0.15, -0.1) is 21.5 Å². The largest absolute Gasteiger partial charge is 0.357 e. The van der Waals surface area contributed by atoms with Gasteiger partial charge in [-0.2, -0.15) is 0 Å². The van der Waals surface area contributed by atoms with Crippen molar-refractivity contribution in [3.63, 3.8) is 0 Å². The van der Waals surface area contributed by atoms with Gasteiger partial charge in [-0.3, -0.25) is 0 Å². The number of hydrogen-bond acceptors (Lipinski definition) is 8. The summed E-state index contributed by atoms with van der Waals surface area (Å²) in [6.45, 7) is 0. The van der Waals surface area contributed by atoms with Gasteiger partial charge in [0.2, 0.25) is 5.13 Å². The molecule has 0 aliphatic heterocycles. The molecule has 1 fully saturated rings. The molecule has 3 aromatic heterocycles. The van der Waals surface area contributed by atoms with Crippen LogP contribution >= 0.6 is 34.4 Å². The summed E-state index contributed by atoms with van der Waals surface area (Å²) in [4.78, 5) is 11.7. The lowest BCUT2D eigenvalue weighted by atomic mass is 9.97. The molecule has 0 bridgehead atoms. The van der Waals surface area contributed by atoms with Gasteiger partial charge in [-0.1, -0.05) is 11.3 Å². The zero-order valence-electron chi connectivity index (χ0n) is 12.4. The van der Waals surface area contributed by atoms with Gasteiger partial charge >= 0.3 is 0 Å². The monoisotopic (exact) mass is 361 g/mol. The van der Waals surface area contributed by atoms with Crippen LogP contribution in [0.15, 0.2) is 15.7 Å². The van der Waals surface area contributed by atoms with Gasteiger partial charge in [0, 0.05) is 16.3 Å². The Hall–Kier alpha value is -1.25. The van der Waals surface area contributed by atoms with Crippen LogP contribution < -0.4 is 5.32 Å². The molecule has 3 heterocycles. The normalized spacial score (nSPS) is 17.4. The zero-order chi connectivity index (χ0) is 15.2. The number of aryl methyl sites for hydroxylation is 2. The molecule has 0 saturated heterocycles. The molecule has 0 spiro atoms. The molecule has 1 saturated carbocycles. The summed E-state index contributed by atoms with van der Waals surface area (Å²) >= 11 is 5.08. The van der Waals surface area contributed by atoms with Gasteiger partial charge in [-0.05, 0) is 55.9 Å². The second-order valence-corrected chi connectivity index (χ2v) is 9.26.